The van der Waals surface area contributed by atoms with Gasteiger partial charge in [-0.05, 0) is 45.7 Å². The molecule has 0 spiro atoms. The van der Waals surface area contributed by atoms with Crippen LogP contribution in [0.3, 0.4) is 0 Å². The van der Waals surface area contributed by atoms with E-state index in [0.29, 0.717) is 17.9 Å². The number of fused-ring (bicyclic) bond motifs is 1. The Labute approximate surface area is 227 Å². The summed E-state index contributed by atoms with van der Waals surface area (Å²) in [5, 5.41) is 21.1. The molecule has 0 radical (unpaired) electrons. The second-order valence-electron chi connectivity index (χ2n) is 8.23. The SMILES string of the molecule is Cl.Cl.Cn1cncc1C(OCc1ccc(C#N)nc1)c1ccc(C#N)c(-c2cccc3ccccc23)c1. The molecule has 2 aromatic heterocycles. The summed E-state index contributed by atoms with van der Waals surface area (Å²) in [6, 6.07) is 28.0. The van der Waals surface area contributed by atoms with Crippen LogP contribution in [0.5, 0.6) is 0 Å². The summed E-state index contributed by atoms with van der Waals surface area (Å²) in [6.07, 6.45) is 4.76. The molecule has 0 aliphatic heterocycles. The van der Waals surface area contributed by atoms with Gasteiger partial charge < -0.3 is 9.30 Å². The van der Waals surface area contributed by atoms with E-state index >= 15 is 0 Å². The number of aromatic nitrogens is 3. The van der Waals surface area contributed by atoms with Gasteiger partial charge in [0.15, 0.2) is 0 Å². The quantitative estimate of drug-likeness (QED) is 0.250. The molecule has 0 aliphatic rings. The van der Waals surface area contributed by atoms with E-state index in [9.17, 15) is 5.26 Å². The summed E-state index contributed by atoms with van der Waals surface area (Å²) in [4.78, 5) is 8.42. The number of imidazole rings is 1. The Bertz CT molecular complexity index is 1590. The number of aryl methyl sites for hydroxylation is 1. The fraction of sp³-hybridized carbons (Fsp3) is 0.103. The third-order valence-electron chi connectivity index (χ3n) is 6.03. The van der Waals surface area contributed by atoms with E-state index in [4.69, 9.17) is 10.00 Å². The minimum atomic E-state index is -0.417. The zero-order valence-electron chi connectivity index (χ0n) is 19.9. The number of rotatable bonds is 6. The zero-order chi connectivity index (χ0) is 24.2. The van der Waals surface area contributed by atoms with Gasteiger partial charge in [0.1, 0.15) is 17.9 Å². The molecule has 0 fully saturated rings. The number of halogens is 2. The van der Waals surface area contributed by atoms with E-state index in [1.165, 1.54) is 0 Å². The van der Waals surface area contributed by atoms with Gasteiger partial charge in [-0.15, -0.1) is 24.8 Å². The van der Waals surface area contributed by atoms with E-state index in [1.54, 1.807) is 24.8 Å². The van der Waals surface area contributed by atoms with E-state index in [1.807, 2.05) is 66.2 Å². The van der Waals surface area contributed by atoms with Crippen LogP contribution in [0.15, 0.2) is 91.5 Å². The van der Waals surface area contributed by atoms with Crippen LogP contribution in [0.25, 0.3) is 21.9 Å². The third-order valence-corrected chi connectivity index (χ3v) is 6.03. The minimum absolute atomic E-state index is 0. The van der Waals surface area contributed by atoms with E-state index in [-0.39, 0.29) is 24.8 Å². The standard InChI is InChI=1S/C29H21N5O.2ClH/c1-34-19-32-17-28(34)29(35-18-20-9-12-24(15-31)33-16-20)22-10-11-23(14-30)27(13-22)26-8-4-6-21-5-2-3-7-25(21)26;;/h2-13,16-17,19,29H,18H2,1H3;2*1H. The molecular formula is C29H23Cl2N5O. The Hall–Kier alpha value is -4.20. The largest absolute Gasteiger partial charge is 0.362 e. The van der Waals surface area contributed by atoms with Gasteiger partial charge in [-0.2, -0.15) is 10.5 Å². The van der Waals surface area contributed by atoms with Gasteiger partial charge in [0.05, 0.1) is 36.5 Å². The summed E-state index contributed by atoms with van der Waals surface area (Å²) in [5.74, 6) is 0. The number of hydrogen-bond acceptors (Lipinski definition) is 5. The molecule has 2 heterocycles. The van der Waals surface area contributed by atoms with Gasteiger partial charge in [-0.25, -0.2) is 9.97 Å². The average Bonchev–Trinajstić information content (AvgIpc) is 3.34. The van der Waals surface area contributed by atoms with Crippen molar-refractivity contribution in [3.63, 3.8) is 0 Å². The molecule has 8 heteroatoms. The molecule has 0 amide bonds. The van der Waals surface area contributed by atoms with Crippen molar-refractivity contribution in [1.82, 2.24) is 14.5 Å². The van der Waals surface area contributed by atoms with Crippen molar-refractivity contribution in [2.45, 2.75) is 12.7 Å². The first-order valence-electron chi connectivity index (χ1n) is 11.1. The highest BCUT2D eigenvalue weighted by Gasteiger charge is 2.21. The van der Waals surface area contributed by atoms with Gasteiger partial charge in [0.2, 0.25) is 0 Å². The fourth-order valence-corrected chi connectivity index (χ4v) is 4.23. The van der Waals surface area contributed by atoms with Gasteiger partial charge in [0.25, 0.3) is 0 Å². The maximum absolute atomic E-state index is 9.88. The van der Waals surface area contributed by atoms with Crippen LogP contribution in [0, 0.1) is 22.7 Å². The van der Waals surface area contributed by atoms with Crippen molar-refractivity contribution < 1.29 is 4.74 Å². The lowest BCUT2D eigenvalue weighted by Gasteiger charge is -2.20. The van der Waals surface area contributed by atoms with Crippen LogP contribution in [-0.4, -0.2) is 14.5 Å². The predicted molar refractivity (Wildman–Crippen MR) is 147 cm³/mol. The molecule has 37 heavy (non-hydrogen) atoms. The van der Waals surface area contributed by atoms with Crippen molar-refractivity contribution >= 4 is 35.6 Å². The van der Waals surface area contributed by atoms with Crippen molar-refractivity contribution in [2.75, 3.05) is 0 Å². The van der Waals surface area contributed by atoms with Crippen molar-refractivity contribution in [3.8, 4) is 23.3 Å². The first-order chi connectivity index (χ1) is 17.2. The summed E-state index contributed by atoms with van der Waals surface area (Å²) < 4.78 is 8.33. The van der Waals surface area contributed by atoms with Gasteiger partial charge in [-0.3, -0.25) is 0 Å². The Morgan fingerprint density at radius 2 is 1.70 bits per heavy atom. The average molecular weight is 528 g/mol. The van der Waals surface area contributed by atoms with E-state index in [2.05, 4.69) is 34.2 Å². The lowest BCUT2D eigenvalue weighted by molar-refractivity contribution is 0.0620. The number of benzene rings is 3. The second kappa shape index (κ2) is 12.2. The molecule has 3 aromatic carbocycles. The molecule has 184 valence electrons. The molecule has 0 bridgehead atoms. The Balaban J connectivity index is 0.00000190. The summed E-state index contributed by atoms with van der Waals surface area (Å²) in [5.41, 5.74) is 5.49. The molecule has 1 atom stereocenters. The molecule has 5 aromatic rings. The summed E-state index contributed by atoms with van der Waals surface area (Å²) in [6.45, 7) is 0.304. The highest BCUT2D eigenvalue weighted by molar-refractivity contribution is 5.97. The maximum Gasteiger partial charge on any atom is 0.140 e. The molecule has 5 rings (SSSR count). The van der Waals surface area contributed by atoms with Crippen LogP contribution < -0.4 is 0 Å². The number of nitrogens with zero attached hydrogens (tertiary/aromatic N) is 5. The Morgan fingerprint density at radius 1 is 0.892 bits per heavy atom. The smallest absolute Gasteiger partial charge is 0.140 e. The van der Waals surface area contributed by atoms with E-state index in [0.717, 1.165) is 38.7 Å². The van der Waals surface area contributed by atoms with Crippen molar-refractivity contribution in [3.05, 3.63) is 120 Å². The van der Waals surface area contributed by atoms with Crippen LogP contribution in [0.2, 0.25) is 0 Å². The monoisotopic (exact) mass is 527 g/mol. The molecule has 0 saturated heterocycles. The minimum Gasteiger partial charge on any atom is -0.362 e. The molecule has 0 N–H and O–H groups in total. The first kappa shape index (κ1) is 27.4. The van der Waals surface area contributed by atoms with Crippen molar-refractivity contribution in [2.24, 2.45) is 7.05 Å². The molecule has 0 saturated carbocycles. The van der Waals surface area contributed by atoms with E-state index < -0.39 is 6.10 Å². The van der Waals surface area contributed by atoms with Crippen LogP contribution in [0.1, 0.15) is 34.2 Å². The summed E-state index contributed by atoms with van der Waals surface area (Å²) >= 11 is 0. The predicted octanol–water partition coefficient (Wildman–Crippen LogP) is 6.53. The Kier molecular flexibility index (Phi) is 9.00. The lowest BCUT2D eigenvalue weighted by atomic mass is 9.92. The lowest BCUT2D eigenvalue weighted by Crippen LogP contribution is -2.11. The zero-order valence-corrected chi connectivity index (χ0v) is 21.5. The van der Waals surface area contributed by atoms with Gasteiger partial charge in [0, 0.05) is 18.8 Å². The normalized spacial score (nSPS) is 11.0. The molecular weight excluding hydrogens is 505 g/mol. The number of ether oxygens (including phenoxy) is 1. The topological polar surface area (TPSA) is 87.5 Å². The molecule has 0 aliphatic carbocycles. The first-order valence-corrected chi connectivity index (χ1v) is 11.1. The molecule has 1 unspecified atom stereocenters. The summed E-state index contributed by atoms with van der Waals surface area (Å²) in [7, 11) is 1.93. The fourth-order valence-electron chi connectivity index (χ4n) is 4.23. The molecule has 6 nitrogen and oxygen atoms in total. The maximum atomic E-state index is 9.88. The van der Waals surface area contributed by atoms with Crippen LogP contribution >= 0.6 is 24.8 Å². The number of hydrogen-bond donors (Lipinski definition) is 0. The second-order valence-corrected chi connectivity index (χ2v) is 8.23. The van der Waals surface area contributed by atoms with Crippen LogP contribution in [-0.2, 0) is 18.4 Å². The van der Waals surface area contributed by atoms with Gasteiger partial charge >= 0.3 is 0 Å². The van der Waals surface area contributed by atoms with Crippen LogP contribution in [0.4, 0.5) is 0 Å². The Morgan fingerprint density at radius 3 is 2.41 bits per heavy atom. The third kappa shape index (κ3) is 5.63. The van der Waals surface area contributed by atoms with Crippen molar-refractivity contribution in [1.29, 1.82) is 10.5 Å². The number of pyridine rings is 1. The highest BCUT2D eigenvalue weighted by Crippen LogP contribution is 2.35. The number of nitriles is 2. The van der Waals surface area contributed by atoms with Gasteiger partial charge in [-0.1, -0.05) is 54.6 Å². The highest BCUT2D eigenvalue weighted by atomic mass is 35.5.